The van der Waals surface area contributed by atoms with Crippen LogP contribution in [0.5, 0.6) is 0 Å². The number of nitrogens with zero attached hydrogens (tertiary/aromatic N) is 1. The summed E-state index contributed by atoms with van der Waals surface area (Å²) in [5.74, 6) is 0. The average Bonchev–Trinajstić information content (AvgIpc) is 1.83. The van der Waals surface area contributed by atoms with E-state index in [9.17, 15) is 4.39 Å². The molecule has 0 saturated carbocycles. The van der Waals surface area contributed by atoms with E-state index in [1.54, 1.807) is 6.92 Å². The summed E-state index contributed by atoms with van der Waals surface area (Å²) in [6.45, 7) is 9.11. The number of rotatable bonds is 1. The molecule has 1 unspecified atom stereocenters. The van der Waals surface area contributed by atoms with Crippen LogP contribution >= 0.6 is 0 Å². The number of halogens is 1. The minimum Gasteiger partial charge on any atom is -0.298 e. The van der Waals surface area contributed by atoms with Crippen molar-refractivity contribution in [3.63, 3.8) is 0 Å². The van der Waals surface area contributed by atoms with Gasteiger partial charge in [-0.3, -0.25) is 4.90 Å². The number of hydrogen-bond acceptors (Lipinski definition) is 1. The van der Waals surface area contributed by atoms with Crippen molar-refractivity contribution in [1.29, 1.82) is 0 Å². The highest BCUT2D eigenvalue weighted by atomic mass is 19.1. The van der Waals surface area contributed by atoms with Crippen LogP contribution in [-0.2, 0) is 0 Å². The van der Waals surface area contributed by atoms with Crippen LogP contribution in [-0.4, -0.2) is 29.2 Å². The minimum atomic E-state index is -0.926. The third-order valence-corrected chi connectivity index (χ3v) is 2.84. The molecule has 0 spiro atoms. The first kappa shape index (κ1) is 9.97. The Morgan fingerprint density at radius 2 is 2.08 bits per heavy atom. The predicted octanol–water partition coefficient (Wildman–Crippen LogP) is 2.61. The van der Waals surface area contributed by atoms with Gasteiger partial charge in [0, 0.05) is 18.6 Å². The highest BCUT2D eigenvalue weighted by Gasteiger charge is 2.34. The Labute approximate surface area is 74.9 Å². The number of piperidine rings is 1. The monoisotopic (exact) mass is 173 g/mol. The SMILES string of the molecule is CC(C)N1CCC(C)(F)C[C@H]1C. The summed E-state index contributed by atoms with van der Waals surface area (Å²) in [7, 11) is 0. The van der Waals surface area contributed by atoms with E-state index in [2.05, 4.69) is 25.7 Å². The van der Waals surface area contributed by atoms with Gasteiger partial charge in [0.2, 0.25) is 0 Å². The van der Waals surface area contributed by atoms with Gasteiger partial charge in [-0.15, -0.1) is 0 Å². The molecule has 0 radical (unpaired) electrons. The van der Waals surface area contributed by atoms with Crippen LogP contribution in [0.2, 0.25) is 0 Å². The Balaban J connectivity index is 2.54. The van der Waals surface area contributed by atoms with Crippen LogP contribution < -0.4 is 0 Å². The maximum absolute atomic E-state index is 13.5. The Bertz CT molecular complexity index is 154. The molecular weight excluding hydrogens is 153 g/mol. The predicted molar refractivity (Wildman–Crippen MR) is 50.1 cm³/mol. The summed E-state index contributed by atoms with van der Waals surface area (Å²) in [5, 5.41) is 0. The van der Waals surface area contributed by atoms with E-state index in [-0.39, 0.29) is 0 Å². The maximum Gasteiger partial charge on any atom is 0.111 e. The van der Waals surface area contributed by atoms with Crippen molar-refractivity contribution in [3.8, 4) is 0 Å². The Kier molecular flexibility index (Phi) is 2.77. The van der Waals surface area contributed by atoms with Gasteiger partial charge in [-0.05, 0) is 40.5 Å². The van der Waals surface area contributed by atoms with Gasteiger partial charge in [-0.2, -0.15) is 0 Å². The van der Waals surface area contributed by atoms with E-state index in [1.165, 1.54) is 0 Å². The molecule has 1 aliphatic heterocycles. The van der Waals surface area contributed by atoms with Crippen molar-refractivity contribution in [2.45, 2.75) is 58.3 Å². The topological polar surface area (TPSA) is 3.24 Å². The summed E-state index contributed by atoms with van der Waals surface area (Å²) in [5.41, 5.74) is -0.926. The molecule has 12 heavy (non-hydrogen) atoms. The quantitative estimate of drug-likeness (QED) is 0.589. The van der Waals surface area contributed by atoms with E-state index >= 15 is 0 Å². The minimum absolute atomic E-state index is 0.397. The van der Waals surface area contributed by atoms with Gasteiger partial charge in [0.05, 0.1) is 0 Å². The van der Waals surface area contributed by atoms with Crippen molar-refractivity contribution in [2.75, 3.05) is 6.54 Å². The van der Waals surface area contributed by atoms with Crippen LogP contribution in [0.4, 0.5) is 4.39 Å². The molecule has 0 aromatic rings. The second-order valence-corrected chi connectivity index (χ2v) is 4.55. The zero-order valence-electron chi connectivity index (χ0n) is 8.60. The van der Waals surface area contributed by atoms with E-state index in [4.69, 9.17) is 0 Å². The molecule has 0 aromatic heterocycles. The molecule has 72 valence electrons. The summed E-state index contributed by atoms with van der Waals surface area (Å²) in [6.07, 6.45) is 1.38. The molecule has 0 bridgehead atoms. The van der Waals surface area contributed by atoms with Crippen LogP contribution in [0.15, 0.2) is 0 Å². The lowest BCUT2D eigenvalue weighted by molar-refractivity contribution is 0.0208. The van der Waals surface area contributed by atoms with Gasteiger partial charge in [-0.1, -0.05) is 0 Å². The van der Waals surface area contributed by atoms with Crippen molar-refractivity contribution in [3.05, 3.63) is 0 Å². The maximum atomic E-state index is 13.5. The van der Waals surface area contributed by atoms with Gasteiger partial charge < -0.3 is 0 Å². The van der Waals surface area contributed by atoms with Crippen LogP contribution in [0.1, 0.15) is 40.5 Å². The second kappa shape index (κ2) is 3.33. The third kappa shape index (κ3) is 2.19. The lowest BCUT2D eigenvalue weighted by Crippen LogP contribution is -2.48. The highest BCUT2D eigenvalue weighted by Crippen LogP contribution is 2.30. The van der Waals surface area contributed by atoms with Crippen molar-refractivity contribution >= 4 is 0 Å². The van der Waals surface area contributed by atoms with Gasteiger partial charge in [0.25, 0.3) is 0 Å². The first-order chi connectivity index (χ1) is 5.42. The number of alkyl halides is 1. The van der Waals surface area contributed by atoms with Crippen molar-refractivity contribution in [1.82, 2.24) is 4.90 Å². The van der Waals surface area contributed by atoms with Crippen molar-refractivity contribution < 1.29 is 4.39 Å². The van der Waals surface area contributed by atoms with E-state index in [0.717, 1.165) is 6.54 Å². The smallest absolute Gasteiger partial charge is 0.111 e. The Morgan fingerprint density at radius 1 is 1.50 bits per heavy atom. The molecular formula is C10H20FN. The fourth-order valence-corrected chi connectivity index (χ4v) is 2.19. The molecule has 0 aliphatic carbocycles. The molecule has 2 atom stereocenters. The van der Waals surface area contributed by atoms with Gasteiger partial charge in [-0.25, -0.2) is 4.39 Å². The first-order valence-electron chi connectivity index (χ1n) is 4.87. The van der Waals surface area contributed by atoms with Crippen LogP contribution in [0.25, 0.3) is 0 Å². The summed E-state index contributed by atoms with van der Waals surface area (Å²) >= 11 is 0. The summed E-state index contributed by atoms with van der Waals surface area (Å²) < 4.78 is 13.5. The molecule has 1 heterocycles. The zero-order valence-corrected chi connectivity index (χ0v) is 8.60. The van der Waals surface area contributed by atoms with Crippen molar-refractivity contribution in [2.24, 2.45) is 0 Å². The Morgan fingerprint density at radius 3 is 2.50 bits per heavy atom. The van der Waals surface area contributed by atoms with Crippen LogP contribution in [0, 0.1) is 0 Å². The Hall–Kier alpha value is -0.110. The molecule has 1 aliphatic rings. The van der Waals surface area contributed by atoms with E-state index in [1.807, 2.05) is 0 Å². The van der Waals surface area contributed by atoms with E-state index < -0.39 is 5.67 Å². The summed E-state index contributed by atoms with van der Waals surface area (Å²) in [6, 6.07) is 0.949. The molecule has 2 heteroatoms. The molecule has 0 aromatic carbocycles. The normalized spacial score (nSPS) is 39.0. The first-order valence-corrected chi connectivity index (χ1v) is 4.87. The number of hydrogen-bond donors (Lipinski definition) is 0. The third-order valence-electron chi connectivity index (χ3n) is 2.84. The average molecular weight is 173 g/mol. The van der Waals surface area contributed by atoms with Gasteiger partial charge in [0.15, 0.2) is 0 Å². The molecule has 1 saturated heterocycles. The molecule has 1 rings (SSSR count). The molecule has 0 amide bonds. The fourth-order valence-electron chi connectivity index (χ4n) is 2.19. The van der Waals surface area contributed by atoms with Gasteiger partial charge in [0.1, 0.15) is 5.67 Å². The summed E-state index contributed by atoms with van der Waals surface area (Å²) in [4.78, 5) is 2.38. The molecule has 1 nitrogen and oxygen atoms in total. The lowest BCUT2D eigenvalue weighted by atomic mass is 9.90. The van der Waals surface area contributed by atoms with Crippen LogP contribution in [0.3, 0.4) is 0 Å². The standard InChI is InChI=1S/C10H20FN/c1-8(2)12-6-5-10(4,11)7-9(12)3/h8-9H,5-7H2,1-4H3/t9-,10?/m1/s1. The molecule has 0 N–H and O–H groups in total. The second-order valence-electron chi connectivity index (χ2n) is 4.55. The van der Waals surface area contributed by atoms with E-state index in [0.29, 0.717) is 24.9 Å². The highest BCUT2D eigenvalue weighted by molar-refractivity contribution is 4.88. The number of likely N-dealkylation sites (tertiary alicyclic amines) is 1. The lowest BCUT2D eigenvalue weighted by Gasteiger charge is -2.41. The fraction of sp³-hybridized carbons (Fsp3) is 1.00. The van der Waals surface area contributed by atoms with Gasteiger partial charge >= 0.3 is 0 Å². The molecule has 1 fully saturated rings. The largest absolute Gasteiger partial charge is 0.298 e. The zero-order chi connectivity index (χ0) is 9.35.